The summed E-state index contributed by atoms with van der Waals surface area (Å²) in [5, 5.41) is 3.56. The number of nitrogens with zero attached hydrogens (tertiary/aromatic N) is 1. The number of hydrogen-bond acceptors (Lipinski definition) is 2. The van der Waals surface area contributed by atoms with Crippen LogP contribution >= 0.6 is 0 Å². The highest BCUT2D eigenvalue weighted by Crippen LogP contribution is 2.10. The molecule has 0 aromatic rings. The van der Waals surface area contributed by atoms with Crippen LogP contribution in [-0.4, -0.2) is 36.6 Å². The molecule has 0 bridgehead atoms. The Bertz CT molecular complexity index is 130. The average Bonchev–Trinajstić information content (AvgIpc) is 2.65. The van der Waals surface area contributed by atoms with Gasteiger partial charge in [0.25, 0.3) is 0 Å². The minimum absolute atomic E-state index is 0.743. The van der Waals surface area contributed by atoms with Crippen molar-refractivity contribution in [3.8, 4) is 0 Å². The fraction of sp³-hybridized carbons (Fsp3) is 1.00. The molecule has 2 atom stereocenters. The van der Waals surface area contributed by atoms with Gasteiger partial charge in [-0.1, -0.05) is 13.8 Å². The maximum absolute atomic E-state index is 3.56. The van der Waals surface area contributed by atoms with Crippen molar-refractivity contribution in [2.45, 2.75) is 52.1 Å². The summed E-state index contributed by atoms with van der Waals surface area (Å²) in [5.74, 6) is 0. The standard InChI is InChI=1S/C11H24N2/c1-4-10(3)13(5-2)9-11-7-6-8-12-11/h10-12H,4-9H2,1-3H3. The van der Waals surface area contributed by atoms with E-state index in [0.29, 0.717) is 0 Å². The molecule has 1 N–H and O–H groups in total. The van der Waals surface area contributed by atoms with Crippen LogP contribution in [0, 0.1) is 0 Å². The quantitative estimate of drug-likeness (QED) is 0.701. The van der Waals surface area contributed by atoms with Crippen molar-refractivity contribution in [1.29, 1.82) is 0 Å². The molecular weight excluding hydrogens is 160 g/mol. The van der Waals surface area contributed by atoms with Crippen molar-refractivity contribution in [3.05, 3.63) is 0 Å². The lowest BCUT2D eigenvalue weighted by Gasteiger charge is -2.29. The fourth-order valence-electron chi connectivity index (χ4n) is 2.07. The predicted octanol–water partition coefficient (Wildman–Crippen LogP) is 1.86. The maximum Gasteiger partial charge on any atom is 0.0195 e. The highest BCUT2D eigenvalue weighted by atomic mass is 15.2. The highest BCUT2D eigenvalue weighted by molar-refractivity contribution is 4.79. The summed E-state index contributed by atoms with van der Waals surface area (Å²) in [6, 6.07) is 1.50. The molecule has 0 saturated carbocycles. The van der Waals surface area contributed by atoms with Crippen LogP contribution < -0.4 is 5.32 Å². The largest absolute Gasteiger partial charge is 0.313 e. The first-order chi connectivity index (χ1) is 6.27. The monoisotopic (exact) mass is 184 g/mol. The molecule has 2 unspecified atom stereocenters. The van der Waals surface area contributed by atoms with Gasteiger partial charge >= 0.3 is 0 Å². The van der Waals surface area contributed by atoms with Gasteiger partial charge in [-0.05, 0) is 39.3 Å². The second kappa shape index (κ2) is 5.61. The first-order valence-electron chi connectivity index (χ1n) is 5.75. The van der Waals surface area contributed by atoms with E-state index in [-0.39, 0.29) is 0 Å². The van der Waals surface area contributed by atoms with Crippen LogP contribution in [0.2, 0.25) is 0 Å². The van der Waals surface area contributed by atoms with Crippen LogP contribution in [0.15, 0.2) is 0 Å². The van der Waals surface area contributed by atoms with Crippen LogP contribution in [0.5, 0.6) is 0 Å². The Kier molecular flexibility index (Phi) is 4.74. The highest BCUT2D eigenvalue weighted by Gasteiger charge is 2.19. The Morgan fingerprint density at radius 2 is 2.23 bits per heavy atom. The fourth-order valence-corrected chi connectivity index (χ4v) is 2.07. The molecule has 78 valence electrons. The van der Waals surface area contributed by atoms with E-state index in [1.54, 1.807) is 0 Å². The Labute approximate surface area is 82.7 Å². The smallest absolute Gasteiger partial charge is 0.0195 e. The van der Waals surface area contributed by atoms with Gasteiger partial charge in [-0.15, -0.1) is 0 Å². The molecule has 1 aliphatic heterocycles. The van der Waals surface area contributed by atoms with Crippen molar-refractivity contribution < 1.29 is 0 Å². The van der Waals surface area contributed by atoms with Gasteiger partial charge in [0.1, 0.15) is 0 Å². The van der Waals surface area contributed by atoms with Crippen molar-refractivity contribution in [2.24, 2.45) is 0 Å². The SMILES string of the molecule is CCC(C)N(CC)CC1CCCN1. The summed E-state index contributed by atoms with van der Waals surface area (Å²) in [6.07, 6.45) is 4.00. The van der Waals surface area contributed by atoms with E-state index in [9.17, 15) is 0 Å². The van der Waals surface area contributed by atoms with Crippen LogP contribution in [-0.2, 0) is 0 Å². The van der Waals surface area contributed by atoms with Gasteiger partial charge in [0.2, 0.25) is 0 Å². The topological polar surface area (TPSA) is 15.3 Å². The molecule has 1 fully saturated rings. The Hall–Kier alpha value is -0.0800. The van der Waals surface area contributed by atoms with Crippen LogP contribution in [0.4, 0.5) is 0 Å². The Morgan fingerprint density at radius 1 is 1.46 bits per heavy atom. The first-order valence-corrected chi connectivity index (χ1v) is 5.75. The zero-order valence-electron chi connectivity index (χ0n) is 9.34. The molecule has 0 spiro atoms. The summed E-state index contributed by atoms with van der Waals surface area (Å²) in [6.45, 7) is 10.5. The molecule has 2 heteroatoms. The second-order valence-corrected chi connectivity index (χ2v) is 4.14. The van der Waals surface area contributed by atoms with Crippen molar-refractivity contribution >= 4 is 0 Å². The molecule has 2 nitrogen and oxygen atoms in total. The average molecular weight is 184 g/mol. The van der Waals surface area contributed by atoms with E-state index in [0.717, 1.165) is 12.1 Å². The van der Waals surface area contributed by atoms with E-state index in [2.05, 4.69) is 31.0 Å². The summed E-state index contributed by atoms with van der Waals surface area (Å²) in [7, 11) is 0. The number of likely N-dealkylation sites (N-methyl/N-ethyl adjacent to an activating group) is 1. The molecule has 0 radical (unpaired) electrons. The Balaban J connectivity index is 2.29. The number of rotatable bonds is 5. The molecule has 1 rings (SSSR count). The van der Waals surface area contributed by atoms with Crippen molar-refractivity contribution in [3.63, 3.8) is 0 Å². The van der Waals surface area contributed by atoms with Crippen molar-refractivity contribution in [1.82, 2.24) is 10.2 Å². The molecule has 13 heavy (non-hydrogen) atoms. The van der Waals surface area contributed by atoms with Gasteiger partial charge in [0.05, 0.1) is 0 Å². The molecule has 1 saturated heterocycles. The zero-order chi connectivity index (χ0) is 9.68. The lowest BCUT2D eigenvalue weighted by atomic mass is 10.1. The predicted molar refractivity (Wildman–Crippen MR) is 58.0 cm³/mol. The van der Waals surface area contributed by atoms with E-state index in [1.807, 2.05) is 0 Å². The van der Waals surface area contributed by atoms with Gasteiger partial charge in [-0.2, -0.15) is 0 Å². The molecule has 0 aromatic carbocycles. The van der Waals surface area contributed by atoms with E-state index in [4.69, 9.17) is 0 Å². The van der Waals surface area contributed by atoms with Gasteiger partial charge in [-0.25, -0.2) is 0 Å². The summed E-state index contributed by atoms with van der Waals surface area (Å²) in [5.41, 5.74) is 0. The normalized spacial score (nSPS) is 25.4. The number of nitrogens with one attached hydrogen (secondary N) is 1. The zero-order valence-corrected chi connectivity index (χ0v) is 9.34. The molecule has 1 aliphatic rings. The van der Waals surface area contributed by atoms with Crippen LogP contribution in [0.1, 0.15) is 40.0 Å². The first kappa shape index (κ1) is 11.0. The van der Waals surface area contributed by atoms with Crippen molar-refractivity contribution in [2.75, 3.05) is 19.6 Å². The maximum atomic E-state index is 3.56. The van der Waals surface area contributed by atoms with E-state index >= 15 is 0 Å². The third-order valence-electron chi connectivity index (χ3n) is 3.24. The minimum Gasteiger partial charge on any atom is -0.313 e. The Morgan fingerprint density at radius 3 is 2.69 bits per heavy atom. The second-order valence-electron chi connectivity index (χ2n) is 4.14. The number of hydrogen-bond donors (Lipinski definition) is 1. The molecule has 1 heterocycles. The third kappa shape index (κ3) is 3.28. The molecule has 0 amide bonds. The van der Waals surface area contributed by atoms with E-state index in [1.165, 1.54) is 38.9 Å². The summed E-state index contributed by atoms with van der Waals surface area (Å²) < 4.78 is 0. The van der Waals surface area contributed by atoms with Gasteiger partial charge < -0.3 is 5.32 Å². The molecular formula is C11H24N2. The minimum atomic E-state index is 0.743. The summed E-state index contributed by atoms with van der Waals surface area (Å²) >= 11 is 0. The molecule has 0 aromatic heterocycles. The molecule has 0 aliphatic carbocycles. The van der Waals surface area contributed by atoms with Gasteiger partial charge in [0.15, 0.2) is 0 Å². The third-order valence-corrected chi connectivity index (χ3v) is 3.24. The van der Waals surface area contributed by atoms with Crippen LogP contribution in [0.25, 0.3) is 0 Å². The summed E-state index contributed by atoms with van der Waals surface area (Å²) in [4.78, 5) is 2.59. The van der Waals surface area contributed by atoms with Crippen LogP contribution in [0.3, 0.4) is 0 Å². The van der Waals surface area contributed by atoms with Gasteiger partial charge in [0, 0.05) is 18.6 Å². The van der Waals surface area contributed by atoms with E-state index < -0.39 is 0 Å². The lowest BCUT2D eigenvalue weighted by Crippen LogP contribution is -2.41. The lowest BCUT2D eigenvalue weighted by molar-refractivity contribution is 0.196. The van der Waals surface area contributed by atoms with Gasteiger partial charge in [-0.3, -0.25) is 4.90 Å².